The summed E-state index contributed by atoms with van der Waals surface area (Å²) in [6.07, 6.45) is 2.39. The van der Waals surface area contributed by atoms with Crippen molar-refractivity contribution in [3.63, 3.8) is 0 Å². The Morgan fingerprint density at radius 2 is 1.55 bits per heavy atom. The van der Waals surface area contributed by atoms with Crippen LogP contribution in [0.1, 0.15) is 18.4 Å². The number of halogens is 1. The lowest BCUT2D eigenvalue weighted by atomic mass is 10.1. The molecule has 0 aliphatic carbocycles. The second kappa shape index (κ2) is 10.3. The van der Waals surface area contributed by atoms with Gasteiger partial charge in [0.25, 0.3) is 0 Å². The molecule has 0 aromatic heterocycles. The van der Waals surface area contributed by atoms with Crippen molar-refractivity contribution in [2.75, 3.05) is 49.1 Å². The molecule has 0 N–H and O–H groups in total. The first-order valence-corrected chi connectivity index (χ1v) is 12.0. The van der Waals surface area contributed by atoms with Gasteiger partial charge in [0, 0.05) is 38.4 Å². The molecular weight excluding hydrogens is 413 g/mol. The SMILES string of the molecule is Fc1ccc(N2CCN(CCCC3CN(Cc4ccccc4)c4ccccc4O3)CC2)cc1. The minimum Gasteiger partial charge on any atom is -0.486 e. The second-order valence-electron chi connectivity index (χ2n) is 9.02. The van der Waals surface area contributed by atoms with Crippen molar-refractivity contribution in [3.8, 4) is 5.75 Å². The van der Waals surface area contributed by atoms with Gasteiger partial charge in [-0.1, -0.05) is 42.5 Å². The highest BCUT2D eigenvalue weighted by Crippen LogP contribution is 2.35. The van der Waals surface area contributed by atoms with E-state index < -0.39 is 0 Å². The lowest BCUT2D eigenvalue weighted by Gasteiger charge is -2.38. The zero-order valence-electron chi connectivity index (χ0n) is 19.1. The summed E-state index contributed by atoms with van der Waals surface area (Å²) in [5.41, 5.74) is 3.63. The fourth-order valence-corrected chi connectivity index (χ4v) is 4.91. The van der Waals surface area contributed by atoms with Crippen molar-refractivity contribution in [2.24, 2.45) is 0 Å². The summed E-state index contributed by atoms with van der Waals surface area (Å²) in [7, 11) is 0. The average molecular weight is 446 g/mol. The Morgan fingerprint density at radius 1 is 0.818 bits per heavy atom. The van der Waals surface area contributed by atoms with Crippen LogP contribution in [0.2, 0.25) is 0 Å². The molecule has 4 nitrogen and oxygen atoms in total. The van der Waals surface area contributed by atoms with E-state index in [1.807, 2.05) is 12.1 Å². The number of hydrogen-bond acceptors (Lipinski definition) is 4. The Morgan fingerprint density at radius 3 is 2.33 bits per heavy atom. The number of rotatable bonds is 7. The molecular formula is C28H32FN3O. The summed E-state index contributed by atoms with van der Waals surface area (Å²) < 4.78 is 19.6. The molecule has 1 fully saturated rings. The van der Waals surface area contributed by atoms with Crippen LogP contribution in [0.3, 0.4) is 0 Å². The predicted octanol–water partition coefficient (Wildman–Crippen LogP) is 5.20. The minimum absolute atomic E-state index is 0.174. The number of hydrogen-bond donors (Lipinski definition) is 0. The number of para-hydroxylation sites is 2. The van der Waals surface area contributed by atoms with Gasteiger partial charge in [0.15, 0.2) is 0 Å². The van der Waals surface area contributed by atoms with E-state index in [4.69, 9.17) is 4.74 Å². The first-order chi connectivity index (χ1) is 16.2. The standard InChI is InChI=1S/C28H32FN3O/c29-24-12-14-25(15-13-24)31-19-17-30(18-20-31)16-6-9-26-22-32(21-23-7-2-1-3-8-23)27-10-4-5-11-28(27)33-26/h1-5,7-8,10-15,26H,6,9,16-22H2. The maximum absolute atomic E-state index is 13.2. The van der Waals surface area contributed by atoms with Gasteiger partial charge in [-0.3, -0.25) is 4.90 Å². The highest BCUT2D eigenvalue weighted by molar-refractivity contribution is 5.60. The van der Waals surface area contributed by atoms with Crippen LogP contribution in [0.25, 0.3) is 0 Å². The third-order valence-corrected chi connectivity index (χ3v) is 6.70. The largest absolute Gasteiger partial charge is 0.486 e. The number of anilines is 2. The van der Waals surface area contributed by atoms with E-state index in [9.17, 15) is 4.39 Å². The fourth-order valence-electron chi connectivity index (χ4n) is 4.91. The summed E-state index contributed by atoms with van der Waals surface area (Å²) in [6.45, 7) is 7.00. The Bertz CT molecular complexity index is 1020. The van der Waals surface area contributed by atoms with Gasteiger partial charge >= 0.3 is 0 Å². The van der Waals surface area contributed by atoms with E-state index in [1.165, 1.54) is 11.3 Å². The van der Waals surface area contributed by atoms with Crippen molar-refractivity contribution in [1.29, 1.82) is 0 Å². The molecule has 5 heteroatoms. The molecule has 0 spiro atoms. The van der Waals surface area contributed by atoms with E-state index in [0.29, 0.717) is 0 Å². The highest BCUT2D eigenvalue weighted by Gasteiger charge is 2.26. The van der Waals surface area contributed by atoms with Gasteiger partial charge in [0.05, 0.1) is 12.2 Å². The number of nitrogens with zero attached hydrogens (tertiary/aromatic N) is 3. The van der Waals surface area contributed by atoms with E-state index >= 15 is 0 Å². The molecule has 33 heavy (non-hydrogen) atoms. The molecule has 2 heterocycles. The van der Waals surface area contributed by atoms with E-state index in [2.05, 4.69) is 69.3 Å². The molecule has 172 valence electrons. The van der Waals surface area contributed by atoms with E-state index in [-0.39, 0.29) is 11.9 Å². The molecule has 0 saturated carbocycles. The van der Waals surface area contributed by atoms with Crippen LogP contribution < -0.4 is 14.5 Å². The maximum Gasteiger partial charge on any atom is 0.143 e. The normalized spacial score (nSPS) is 18.6. The van der Waals surface area contributed by atoms with E-state index in [1.54, 1.807) is 12.1 Å². The second-order valence-corrected chi connectivity index (χ2v) is 9.02. The minimum atomic E-state index is -0.174. The first kappa shape index (κ1) is 21.8. The van der Waals surface area contributed by atoms with Crippen molar-refractivity contribution in [2.45, 2.75) is 25.5 Å². The van der Waals surface area contributed by atoms with Gasteiger partial charge in [-0.05, 0) is 61.3 Å². The van der Waals surface area contributed by atoms with Crippen molar-refractivity contribution in [1.82, 2.24) is 4.90 Å². The molecule has 2 aliphatic heterocycles. The van der Waals surface area contributed by atoms with Crippen molar-refractivity contribution in [3.05, 3.63) is 90.2 Å². The summed E-state index contributed by atoms with van der Waals surface area (Å²) in [5, 5.41) is 0. The number of ether oxygens (including phenoxy) is 1. The van der Waals surface area contributed by atoms with Gasteiger partial charge in [0.2, 0.25) is 0 Å². The highest BCUT2D eigenvalue weighted by atomic mass is 19.1. The van der Waals surface area contributed by atoms with Gasteiger partial charge in [-0.15, -0.1) is 0 Å². The molecule has 3 aromatic carbocycles. The number of fused-ring (bicyclic) bond motifs is 1. The van der Waals surface area contributed by atoms with Gasteiger partial charge < -0.3 is 14.5 Å². The lowest BCUT2D eigenvalue weighted by molar-refractivity contribution is 0.168. The van der Waals surface area contributed by atoms with Gasteiger partial charge in [-0.2, -0.15) is 0 Å². The Kier molecular flexibility index (Phi) is 6.77. The van der Waals surface area contributed by atoms with Crippen LogP contribution in [-0.2, 0) is 6.54 Å². The molecule has 1 unspecified atom stereocenters. The van der Waals surface area contributed by atoms with Gasteiger partial charge in [-0.25, -0.2) is 4.39 Å². The third kappa shape index (κ3) is 5.48. The molecule has 3 aromatic rings. The summed E-state index contributed by atoms with van der Waals surface area (Å²) in [4.78, 5) is 7.34. The maximum atomic E-state index is 13.2. The summed E-state index contributed by atoms with van der Waals surface area (Å²) in [6, 6.07) is 25.9. The molecule has 0 radical (unpaired) electrons. The summed E-state index contributed by atoms with van der Waals surface area (Å²) in [5.74, 6) is 0.824. The predicted molar refractivity (Wildman–Crippen MR) is 133 cm³/mol. The van der Waals surface area contributed by atoms with Crippen LogP contribution in [0.5, 0.6) is 5.75 Å². The van der Waals surface area contributed by atoms with Crippen LogP contribution in [0.15, 0.2) is 78.9 Å². The Labute approximate surface area is 196 Å². The quantitative estimate of drug-likeness (QED) is 0.498. The first-order valence-electron chi connectivity index (χ1n) is 12.0. The van der Waals surface area contributed by atoms with E-state index in [0.717, 1.165) is 70.1 Å². The Hall–Kier alpha value is -3.05. The smallest absolute Gasteiger partial charge is 0.143 e. The molecule has 0 bridgehead atoms. The third-order valence-electron chi connectivity index (χ3n) is 6.70. The molecule has 0 amide bonds. The zero-order chi connectivity index (χ0) is 22.5. The van der Waals surface area contributed by atoms with Crippen molar-refractivity contribution < 1.29 is 9.13 Å². The van der Waals surface area contributed by atoms with Crippen LogP contribution >= 0.6 is 0 Å². The molecule has 5 rings (SSSR count). The zero-order valence-corrected chi connectivity index (χ0v) is 19.1. The molecule has 1 saturated heterocycles. The van der Waals surface area contributed by atoms with Crippen molar-refractivity contribution >= 4 is 11.4 Å². The van der Waals surface area contributed by atoms with Crippen LogP contribution in [-0.4, -0.2) is 50.3 Å². The van der Waals surface area contributed by atoms with Crippen LogP contribution in [0.4, 0.5) is 15.8 Å². The topological polar surface area (TPSA) is 19.0 Å². The van der Waals surface area contributed by atoms with Gasteiger partial charge in [0.1, 0.15) is 17.7 Å². The Balaban J connectivity index is 1.12. The fraction of sp³-hybridized carbons (Fsp3) is 0.357. The molecule has 2 aliphatic rings. The summed E-state index contributed by atoms with van der Waals surface area (Å²) >= 11 is 0. The average Bonchev–Trinajstić information content (AvgIpc) is 2.86. The molecule has 1 atom stereocenters. The number of benzene rings is 3. The number of piperazine rings is 1. The van der Waals surface area contributed by atoms with Crippen LogP contribution in [0, 0.1) is 5.82 Å². The lowest BCUT2D eigenvalue weighted by Crippen LogP contribution is -2.47. The monoisotopic (exact) mass is 445 g/mol.